The Morgan fingerprint density at radius 2 is 1.60 bits per heavy atom. The first-order valence-electron chi connectivity index (χ1n) is 3.54. The van der Waals surface area contributed by atoms with Gasteiger partial charge in [0.2, 0.25) is 0 Å². The number of hydrogen-bond acceptors (Lipinski definition) is 2. The molecular formula is C6H15O2SSi. The van der Waals surface area contributed by atoms with E-state index in [1.807, 2.05) is 20.4 Å². The molecule has 61 valence electrons. The van der Waals surface area contributed by atoms with Crippen LogP contribution in [-0.2, 0) is 8.85 Å². The zero-order chi connectivity index (χ0) is 8.04. The molecule has 0 saturated heterocycles. The van der Waals surface area contributed by atoms with Gasteiger partial charge in [0, 0.05) is 18.6 Å². The minimum atomic E-state index is -1.91. The fourth-order valence-electron chi connectivity index (χ4n) is 0.736. The minimum absolute atomic E-state index is 0.620. The van der Waals surface area contributed by atoms with E-state index in [-0.39, 0.29) is 0 Å². The van der Waals surface area contributed by atoms with Crippen molar-refractivity contribution in [2.75, 3.05) is 18.6 Å². The van der Waals surface area contributed by atoms with Crippen LogP contribution in [0.25, 0.3) is 0 Å². The highest BCUT2D eigenvalue weighted by Crippen LogP contribution is 2.08. The molecule has 0 unspecified atom stereocenters. The predicted octanol–water partition coefficient (Wildman–Crippen LogP) is 1.87. The molecular weight excluding hydrogens is 164 g/mol. The third-order valence-corrected chi connectivity index (χ3v) is 5.06. The molecule has 0 aliphatic heterocycles. The average molecular weight is 179 g/mol. The van der Waals surface area contributed by atoms with Gasteiger partial charge in [-0.15, -0.1) is 0 Å². The quantitative estimate of drug-likeness (QED) is 0.600. The molecule has 0 spiro atoms. The third kappa shape index (κ3) is 3.61. The Bertz CT molecular complexity index is 83.8. The van der Waals surface area contributed by atoms with Gasteiger partial charge in [-0.2, -0.15) is 0 Å². The van der Waals surface area contributed by atoms with E-state index < -0.39 is 8.56 Å². The number of rotatable bonds is 5. The van der Waals surface area contributed by atoms with E-state index in [9.17, 15) is 0 Å². The molecule has 0 aliphatic carbocycles. The molecule has 0 aromatic heterocycles. The third-order valence-electron chi connectivity index (χ3n) is 1.16. The molecule has 4 heteroatoms. The van der Waals surface area contributed by atoms with Crippen molar-refractivity contribution in [2.45, 2.75) is 20.4 Å². The fourth-order valence-corrected chi connectivity index (χ4v) is 2.71. The Balaban J connectivity index is 3.69. The highest BCUT2D eigenvalue weighted by molar-refractivity contribution is 7.82. The zero-order valence-corrected chi connectivity index (χ0v) is 8.66. The molecule has 0 bridgehead atoms. The van der Waals surface area contributed by atoms with Crippen molar-refractivity contribution in [3.8, 4) is 0 Å². The van der Waals surface area contributed by atoms with Crippen molar-refractivity contribution >= 4 is 21.2 Å². The largest absolute Gasteiger partial charge is 0.394 e. The topological polar surface area (TPSA) is 18.5 Å². The second kappa shape index (κ2) is 5.18. The van der Waals surface area contributed by atoms with Crippen LogP contribution in [0.15, 0.2) is 0 Å². The fraction of sp³-hybridized carbons (Fsp3) is 1.00. The predicted molar refractivity (Wildman–Crippen MR) is 47.3 cm³/mol. The van der Waals surface area contributed by atoms with Crippen LogP contribution in [0.4, 0.5) is 0 Å². The second-order valence-electron chi connectivity index (χ2n) is 2.14. The molecule has 0 aromatic carbocycles. The van der Waals surface area contributed by atoms with Crippen molar-refractivity contribution < 1.29 is 8.85 Å². The van der Waals surface area contributed by atoms with Gasteiger partial charge in [0.25, 0.3) is 0 Å². The first-order valence-corrected chi connectivity index (χ1v) is 6.64. The molecule has 0 heterocycles. The number of hydrogen-bond donors (Lipinski definition) is 0. The van der Waals surface area contributed by atoms with Crippen LogP contribution in [0.3, 0.4) is 0 Å². The first-order chi connectivity index (χ1) is 4.68. The highest BCUT2D eigenvalue weighted by atomic mass is 32.1. The summed E-state index contributed by atoms with van der Waals surface area (Å²) in [5, 5.41) is 0.620. The van der Waals surface area contributed by atoms with Crippen LogP contribution in [0.5, 0.6) is 0 Å². The summed E-state index contributed by atoms with van der Waals surface area (Å²) in [7, 11) is -1.91. The molecule has 0 aliphatic rings. The molecule has 0 rings (SSSR count). The van der Waals surface area contributed by atoms with Crippen molar-refractivity contribution in [3.05, 3.63) is 0 Å². The smallest absolute Gasteiger partial charge is 0.346 e. The zero-order valence-electron chi connectivity index (χ0n) is 6.85. The van der Waals surface area contributed by atoms with Crippen molar-refractivity contribution in [1.29, 1.82) is 0 Å². The van der Waals surface area contributed by atoms with E-state index in [0.717, 1.165) is 0 Å². The Hall–Kier alpha value is 0.487. The van der Waals surface area contributed by atoms with Gasteiger partial charge in [0.15, 0.2) is 0 Å². The first kappa shape index (κ1) is 10.5. The SMILES string of the molecule is CCO[Si](C)(C[S])OCC. The van der Waals surface area contributed by atoms with E-state index >= 15 is 0 Å². The van der Waals surface area contributed by atoms with Gasteiger partial charge in [-0.3, -0.25) is 0 Å². The van der Waals surface area contributed by atoms with Crippen LogP contribution in [0.2, 0.25) is 6.55 Å². The molecule has 0 fully saturated rings. The summed E-state index contributed by atoms with van der Waals surface area (Å²) in [5.74, 6) is 0. The maximum Gasteiger partial charge on any atom is 0.346 e. The van der Waals surface area contributed by atoms with Gasteiger partial charge in [-0.1, -0.05) is 12.6 Å². The van der Waals surface area contributed by atoms with Gasteiger partial charge in [-0.05, 0) is 20.4 Å². The Labute approximate surface area is 69.6 Å². The minimum Gasteiger partial charge on any atom is -0.394 e. The Morgan fingerprint density at radius 3 is 1.80 bits per heavy atom. The molecule has 0 saturated carbocycles. The van der Waals surface area contributed by atoms with Crippen LogP contribution >= 0.6 is 12.6 Å². The maximum absolute atomic E-state index is 5.43. The Morgan fingerprint density at radius 1 is 1.20 bits per heavy atom. The summed E-state index contributed by atoms with van der Waals surface area (Å²) in [6, 6.07) is 0. The highest BCUT2D eigenvalue weighted by Gasteiger charge is 2.28. The van der Waals surface area contributed by atoms with Gasteiger partial charge in [0.05, 0.1) is 0 Å². The van der Waals surface area contributed by atoms with E-state index in [1.165, 1.54) is 0 Å². The molecule has 0 aromatic rings. The lowest BCUT2D eigenvalue weighted by Gasteiger charge is -2.23. The lowest BCUT2D eigenvalue weighted by molar-refractivity contribution is 0.195. The van der Waals surface area contributed by atoms with E-state index in [4.69, 9.17) is 21.5 Å². The summed E-state index contributed by atoms with van der Waals surface area (Å²) in [6.07, 6.45) is 0. The van der Waals surface area contributed by atoms with Gasteiger partial charge < -0.3 is 8.85 Å². The van der Waals surface area contributed by atoms with Crippen molar-refractivity contribution in [3.63, 3.8) is 0 Å². The lowest BCUT2D eigenvalue weighted by Crippen LogP contribution is -2.41. The van der Waals surface area contributed by atoms with Crippen LogP contribution < -0.4 is 0 Å². The second-order valence-corrected chi connectivity index (χ2v) is 6.14. The Kier molecular flexibility index (Phi) is 5.43. The molecule has 0 N–H and O–H groups in total. The standard InChI is InChI=1S/C6H15O2SSi/c1-4-7-10(3,6-9)8-5-2/h4-6H2,1-3H3. The summed E-state index contributed by atoms with van der Waals surface area (Å²) in [4.78, 5) is 0. The average Bonchev–Trinajstić information content (AvgIpc) is 1.89. The van der Waals surface area contributed by atoms with E-state index in [0.29, 0.717) is 18.6 Å². The van der Waals surface area contributed by atoms with E-state index in [2.05, 4.69) is 0 Å². The monoisotopic (exact) mass is 179 g/mol. The molecule has 2 nitrogen and oxygen atoms in total. The van der Waals surface area contributed by atoms with Crippen LogP contribution in [0.1, 0.15) is 13.8 Å². The van der Waals surface area contributed by atoms with Gasteiger partial charge >= 0.3 is 8.56 Å². The normalized spacial score (nSPS) is 12.0. The van der Waals surface area contributed by atoms with Gasteiger partial charge in [-0.25, -0.2) is 0 Å². The molecule has 0 amide bonds. The van der Waals surface area contributed by atoms with Gasteiger partial charge in [0.1, 0.15) is 0 Å². The molecule has 10 heavy (non-hydrogen) atoms. The molecule has 1 radical (unpaired) electrons. The summed E-state index contributed by atoms with van der Waals surface area (Å²) < 4.78 is 10.9. The lowest BCUT2D eigenvalue weighted by atomic mass is 10.9. The summed E-state index contributed by atoms with van der Waals surface area (Å²) >= 11 is 4.93. The summed E-state index contributed by atoms with van der Waals surface area (Å²) in [6.45, 7) is 7.36. The maximum atomic E-state index is 5.43. The van der Waals surface area contributed by atoms with Crippen molar-refractivity contribution in [2.24, 2.45) is 0 Å². The van der Waals surface area contributed by atoms with E-state index in [1.54, 1.807) is 0 Å². The molecule has 0 atom stereocenters. The van der Waals surface area contributed by atoms with Crippen LogP contribution in [0, 0.1) is 0 Å². The van der Waals surface area contributed by atoms with Crippen LogP contribution in [-0.4, -0.2) is 27.2 Å². The summed E-state index contributed by atoms with van der Waals surface area (Å²) in [5.41, 5.74) is 0. The van der Waals surface area contributed by atoms with Crippen molar-refractivity contribution in [1.82, 2.24) is 0 Å².